The van der Waals surface area contributed by atoms with Gasteiger partial charge in [-0.2, -0.15) is 4.37 Å². The van der Waals surface area contributed by atoms with Gasteiger partial charge in [0, 0.05) is 40.9 Å². The Balaban J connectivity index is 1.16. The molecule has 2 aromatic heterocycles. The van der Waals surface area contributed by atoms with Crippen molar-refractivity contribution in [2.24, 2.45) is 0 Å². The summed E-state index contributed by atoms with van der Waals surface area (Å²) < 4.78 is 89.4. The summed E-state index contributed by atoms with van der Waals surface area (Å²) in [5.74, 6) is -2.59. The Labute approximate surface area is 341 Å². The molecule has 2 heterocycles. The minimum atomic E-state index is -4.79. The highest BCUT2D eigenvalue weighted by molar-refractivity contribution is 7.93. The van der Waals surface area contributed by atoms with Crippen LogP contribution < -0.4 is 24.3 Å². The number of methoxy groups -OCH3 is 2. The lowest BCUT2D eigenvalue weighted by Gasteiger charge is -2.23. The predicted molar refractivity (Wildman–Crippen MR) is 220 cm³/mol. The number of hydrogen-bond donors (Lipinski definition) is 0. The molecule has 8 rings (SSSR count). The molecule has 0 bridgehead atoms. The normalized spacial score (nSPS) is 11.6. The number of rotatable bonds is 13. The Bertz CT molecular complexity index is 2920. The zero-order valence-electron chi connectivity index (χ0n) is 31.7. The fraction of sp³-hybridized carbons (Fsp3) is 0.114. The summed E-state index contributed by atoms with van der Waals surface area (Å²) in [6.45, 7) is 1.52. The van der Waals surface area contributed by atoms with E-state index in [0.717, 1.165) is 38.9 Å². The maximum Gasteiger partial charge on any atom is 0.420 e. The summed E-state index contributed by atoms with van der Waals surface area (Å²) in [4.78, 5) is 16.7. The second kappa shape index (κ2) is 16.2. The van der Waals surface area contributed by atoms with Gasteiger partial charge in [-0.3, -0.25) is 4.57 Å². The number of oxazole rings is 1. The molecule has 0 fully saturated rings. The summed E-state index contributed by atoms with van der Waals surface area (Å²) in [6.07, 6.45) is 1.16. The highest BCUT2D eigenvalue weighted by Gasteiger charge is 2.33. The van der Waals surface area contributed by atoms with E-state index in [9.17, 15) is 13.2 Å². The van der Waals surface area contributed by atoms with E-state index in [2.05, 4.69) is 9.36 Å². The predicted octanol–water partition coefficient (Wildman–Crippen LogP) is 9.54. The molecule has 11 nitrogen and oxygen atoms in total. The number of ether oxygens (including phenoxy) is 3. The van der Waals surface area contributed by atoms with Gasteiger partial charge < -0.3 is 18.6 Å². The molecule has 0 atom stereocenters. The zero-order valence-corrected chi connectivity index (χ0v) is 33.3. The smallest absolute Gasteiger partial charge is 0.420 e. The van der Waals surface area contributed by atoms with Gasteiger partial charge in [0.2, 0.25) is 5.13 Å². The van der Waals surface area contributed by atoms with Crippen LogP contribution in [0.15, 0.2) is 148 Å². The van der Waals surface area contributed by atoms with E-state index in [1.807, 2.05) is 73.7 Å². The van der Waals surface area contributed by atoms with Crippen molar-refractivity contribution in [3.05, 3.63) is 178 Å². The lowest BCUT2D eigenvalue weighted by atomic mass is 9.97. The maximum absolute atomic E-state index is 16.1. The molecule has 0 unspecified atom stereocenters. The van der Waals surface area contributed by atoms with Crippen molar-refractivity contribution in [1.29, 1.82) is 0 Å². The SMILES string of the molecule is COc1ccc(CN(c2ncns2)S(=O)(=O)c2cc(F)c(Oc3ccc(C)cc3-c3ccc4oc(=O)n(C(c5ccccc5)c5ccccc5)c4c3)cc2F)c(OC)c1. The third-order valence-corrected chi connectivity index (χ3v) is 12.2. The summed E-state index contributed by atoms with van der Waals surface area (Å²) in [6, 6.07) is 35.1. The van der Waals surface area contributed by atoms with E-state index in [-0.39, 0.29) is 17.4 Å². The van der Waals surface area contributed by atoms with Gasteiger partial charge in [0.05, 0.1) is 32.3 Å². The van der Waals surface area contributed by atoms with Crippen molar-refractivity contribution in [1.82, 2.24) is 13.9 Å². The molecule has 0 amide bonds. The van der Waals surface area contributed by atoms with Crippen molar-refractivity contribution in [3.63, 3.8) is 0 Å². The molecule has 8 aromatic rings. The van der Waals surface area contributed by atoms with Gasteiger partial charge in [-0.15, -0.1) is 0 Å². The first-order chi connectivity index (χ1) is 28.5. The number of benzene rings is 6. The number of hydrogen-bond acceptors (Lipinski definition) is 10. The van der Waals surface area contributed by atoms with Gasteiger partial charge in [0.1, 0.15) is 34.3 Å². The molecule has 0 aliphatic carbocycles. The topological polar surface area (TPSA) is 126 Å². The number of aromatic nitrogens is 3. The van der Waals surface area contributed by atoms with Gasteiger partial charge in [-0.25, -0.2) is 31.3 Å². The van der Waals surface area contributed by atoms with Crippen molar-refractivity contribution in [2.75, 3.05) is 18.5 Å². The van der Waals surface area contributed by atoms with Gasteiger partial charge >= 0.3 is 5.76 Å². The molecule has 0 spiro atoms. The molecular formula is C44H34F2N4O7S2. The standard InChI is InChI=1S/C44H34F2N4O7S2/c1-27-14-18-37(33(20-27)30-16-19-38-36(21-30)50(44(51)57-38)42(28-10-6-4-7-11-28)29-12-8-5-9-13-29)56-40-23-35(46)41(24-34(40)45)59(52,53)49(43-47-26-48-58-43)25-31-15-17-32(54-2)22-39(31)55-3/h4-24,26,42H,25H2,1-3H3. The highest BCUT2D eigenvalue weighted by Crippen LogP contribution is 2.40. The second-order valence-corrected chi connectivity index (χ2v) is 16.0. The number of aryl methyl sites for hydroxylation is 1. The van der Waals surface area contributed by atoms with Crippen LogP contribution in [0.2, 0.25) is 0 Å². The van der Waals surface area contributed by atoms with Gasteiger partial charge in [-0.05, 0) is 60.0 Å². The van der Waals surface area contributed by atoms with Crippen LogP contribution in [0.1, 0.15) is 28.3 Å². The molecule has 0 aliphatic heterocycles. The first-order valence-corrected chi connectivity index (χ1v) is 20.3. The van der Waals surface area contributed by atoms with Crippen LogP contribution in [0.5, 0.6) is 23.0 Å². The summed E-state index contributed by atoms with van der Waals surface area (Å²) >= 11 is 0.765. The Morgan fingerprint density at radius 3 is 2.19 bits per heavy atom. The lowest BCUT2D eigenvalue weighted by Crippen LogP contribution is -2.31. The Morgan fingerprint density at radius 2 is 1.53 bits per heavy atom. The Kier molecular flexibility index (Phi) is 10.7. The van der Waals surface area contributed by atoms with E-state index in [1.54, 1.807) is 53.1 Å². The van der Waals surface area contributed by atoms with Gasteiger partial charge in [0.15, 0.2) is 17.1 Å². The van der Waals surface area contributed by atoms with Crippen molar-refractivity contribution in [2.45, 2.75) is 24.4 Å². The molecule has 15 heteroatoms. The molecule has 0 aliphatic rings. The van der Waals surface area contributed by atoms with Crippen LogP contribution in [0.3, 0.4) is 0 Å². The number of nitrogens with zero attached hydrogens (tertiary/aromatic N) is 4. The third-order valence-electron chi connectivity index (χ3n) is 9.69. The average Bonchev–Trinajstić information content (AvgIpc) is 3.90. The van der Waals surface area contributed by atoms with E-state index in [1.165, 1.54) is 14.2 Å². The molecule has 59 heavy (non-hydrogen) atoms. The van der Waals surface area contributed by atoms with Gasteiger partial charge in [0.25, 0.3) is 10.0 Å². The number of anilines is 1. The molecule has 298 valence electrons. The van der Waals surface area contributed by atoms with Crippen LogP contribution in [-0.2, 0) is 16.6 Å². The molecule has 6 aromatic carbocycles. The number of fused-ring (bicyclic) bond motifs is 1. The summed E-state index contributed by atoms with van der Waals surface area (Å²) in [5, 5.41) is -0.0776. The zero-order chi connectivity index (χ0) is 41.3. The minimum absolute atomic E-state index is 0.0776. The van der Waals surface area contributed by atoms with E-state index in [4.69, 9.17) is 18.6 Å². The summed E-state index contributed by atoms with van der Waals surface area (Å²) in [5.41, 5.74) is 4.90. The number of halogens is 2. The molecule has 0 N–H and O–H groups in total. The molecular weight excluding hydrogens is 799 g/mol. The fourth-order valence-corrected chi connectivity index (χ4v) is 9.05. The van der Waals surface area contributed by atoms with Crippen molar-refractivity contribution >= 4 is 37.8 Å². The minimum Gasteiger partial charge on any atom is -0.497 e. The number of sulfonamides is 1. The largest absolute Gasteiger partial charge is 0.497 e. The first-order valence-electron chi connectivity index (χ1n) is 18.1. The van der Waals surface area contributed by atoms with Crippen LogP contribution in [0.4, 0.5) is 13.9 Å². The van der Waals surface area contributed by atoms with Crippen LogP contribution >= 0.6 is 11.5 Å². The first kappa shape index (κ1) is 39.0. The summed E-state index contributed by atoms with van der Waals surface area (Å²) in [7, 11) is -1.90. The maximum atomic E-state index is 16.1. The van der Waals surface area contributed by atoms with E-state index >= 15 is 8.78 Å². The highest BCUT2D eigenvalue weighted by atomic mass is 32.2. The van der Waals surface area contributed by atoms with Crippen LogP contribution in [0, 0.1) is 18.6 Å². The lowest BCUT2D eigenvalue weighted by molar-refractivity contribution is 0.391. The molecule has 0 saturated heterocycles. The van der Waals surface area contributed by atoms with E-state index < -0.39 is 44.1 Å². The fourth-order valence-electron chi connectivity index (χ4n) is 6.86. The van der Waals surface area contributed by atoms with Crippen molar-refractivity contribution < 1.29 is 35.8 Å². The van der Waals surface area contributed by atoms with Crippen LogP contribution in [0.25, 0.3) is 22.2 Å². The average molecular weight is 833 g/mol. The Hall–Kier alpha value is -6.84. The van der Waals surface area contributed by atoms with Gasteiger partial charge in [-0.1, -0.05) is 78.4 Å². The van der Waals surface area contributed by atoms with Crippen molar-refractivity contribution in [3.8, 4) is 34.1 Å². The quantitative estimate of drug-likeness (QED) is 0.112. The Morgan fingerprint density at radius 1 is 0.797 bits per heavy atom. The molecule has 0 saturated carbocycles. The van der Waals surface area contributed by atoms with Crippen LogP contribution in [-0.4, -0.2) is 36.6 Å². The monoisotopic (exact) mass is 832 g/mol. The third kappa shape index (κ3) is 7.65. The molecule has 0 radical (unpaired) electrons. The van der Waals surface area contributed by atoms with E-state index in [0.29, 0.717) is 51.4 Å². The second-order valence-electron chi connectivity index (χ2n) is 13.4.